The van der Waals surface area contributed by atoms with Gasteiger partial charge >= 0.3 is 0 Å². The Morgan fingerprint density at radius 2 is 2.28 bits per heavy atom. The highest BCUT2D eigenvalue weighted by atomic mass is 16.5. The summed E-state index contributed by atoms with van der Waals surface area (Å²) >= 11 is 0. The number of ether oxygens (including phenoxy) is 2. The molecule has 1 unspecified atom stereocenters. The van der Waals surface area contributed by atoms with Crippen molar-refractivity contribution < 1.29 is 14.6 Å². The first-order chi connectivity index (χ1) is 8.81. The van der Waals surface area contributed by atoms with Gasteiger partial charge in [0.15, 0.2) is 0 Å². The molecule has 0 aliphatic carbocycles. The van der Waals surface area contributed by atoms with Crippen LogP contribution in [0.2, 0.25) is 0 Å². The maximum atomic E-state index is 9.92. The molecule has 0 bridgehead atoms. The fourth-order valence-corrected chi connectivity index (χ4v) is 2.28. The Labute approximate surface area is 109 Å². The Bertz CT molecular complexity index is 359. The third kappa shape index (κ3) is 3.47. The van der Waals surface area contributed by atoms with Gasteiger partial charge in [0, 0.05) is 18.6 Å². The van der Waals surface area contributed by atoms with E-state index in [-0.39, 0.29) is 0 Å². The molecule has 18 heavy (non-hydrogen) atoms. The predicted molar refractivity (Wildman–Crippen MR) is 70.8 cm³/mol. The minimum Gasteiger partial charge on any atom is -0.493 e. The molecule has 1 N–H and O–H groups in total. The molecule has 2 atom stereocenters. The first-order valence-corrected chi connectivity index (χ1v) is 6.82. The molecule has 1 aromatic rings. The van der Waals surface area contributed by atoms with Crippen molar-refractivity contribution in [3.63, 3.8) is 0 Å². The predicted octanol–water partition coefficient (Wildman–Crippen LogP) is 3.08. The van der Waals surface area contributed by atoms with Gasteiger partial charge in [-0.2, -0.15) is 0 Å². The Morgan fingerprint density at radius 3 is 3.00 bits per heavy atom. The van der Waals surface area contributed by atoms with E-state index in [0.29, 0.717) is 19.1 Å². The molecule has 0 radical (unpaired) electrons. The Kier molecular flexibility index (Phi) is 5.02. The van der Waals surface area contributed by atoms with Crippen molar-refractivity contribution in [2.45, 2.75) is 44.8 Å². The molecule has 1 heterocycles. The number of hydrogen-bond acceptors (Lipinski definition) is 3. The second-order valence-corrected chi connectivity index (χ2v) is 4.73. The van der Waals surface area contributed by atoms with E-state index in [1.807, 2.05) is 31.2 Å². The quantitative estimate of drug-likeness (QED) is 0.843. The molecule has 0 spiro atoms. The number of para-hydroxylation sites is 1. The number of aliphatic hydroxyl groups excluding tert-OH is 1. The normalized spacial score (nSPS) is 20.9. The standard InChI is InChI=1S/C15H22O3/c1-2-14(16)13-7-3-4-8-15(13)18-11-9-12-6-5-10-17-12/h3-4,7-8,12,14,16H,2,5-6,9-11H2,1H3/t12?,14-/m1/s1. The maximum absolute atomic E-state index is 9.92. The minimum atomic E-state index is -0.441. The van der Waals surface area contributed by atoms with E-state index in [2.05, 4.69) is 0 Å². The lowest BCUT2D eigenvalue weighted by molar-refractivity contribution is 0.0894. The van der Waals surface area contributed by atoms with Gasteiger partial charge < -0.3 is 14.6 Å². The molecule has 0 aromatic heterocycles. The number of hydrogen-bond donors (Lipinski definition) is 1. The van der Waals surface area contributed by atoms with Crippen LogP contribution < -0.4 is 4.74 Å². The van der Waals surface area contributed by atoms with E-state index < -0.39 is 6.10 Å². The van der Waals surface area contributed by atoms with Crippen LogP contribution >= 0.6 is 0 Å². The van der Waals surface area contributed by atoms with Crippen molar-refractivity contribution in [1.82, 2.24) is 0 Å². The Morgan fingerprint density at radius 1 is 1.44 bits per heavy atom. The first-order valence-electron chi connectivity index (χ1n) is 6.82. The Hall–Kier alpha value is -1.06. The zero-order valence-electron chi connectivity index (χ0n) is 11.0. The third-order valence-corrected chi connectivity index (χ3v) is 3.39. The van der Waals surface area contributed by atoms with Crippen molar-refractivity contribution in [1.29, 1.82) is 0 Å². The van der Waals surface area contributed by atoms with Gasteiger partial charge in [-0.25, -0.2) is 0 Å². The van der Waals surface area contributed by atoms with Crippen LogP contribution in [0.5, 0.6) is 5.75 Å². The topological polar surface area (TPSA) is 38.7 Å². The molecule has 1 fully saturated rings. The van der Waals surface area contributed by atoms with Gasteiger partial charge in [0.2, 0.25) is 0 Å². The fraction of sp³-hybridized carbons (Fsp3) is 0.600. The van der Waals surface area contributed by atoms with Crippen LogP contribution in [0, 0.1) is 0 Å². The summed E-state index contributed by atoms with van der Waals surface area (Å²) in [6.07, 6.45) is 3.85. The fourth-order valence-electron chi connectivity index (χ4n) is 2.28. The maximum Gasteiger partial charge on any atom is 0.125 e. The average molecular weight is 250 g/mol. The van der Waals surface area contributed by atoms with Crippen molar-refractivity contribution in [3.05, 3.63) is 29.8 Å². The molecule has 1 aliphatic heterocycles. The molecule has 0 saturated carbocycles. The zero-order chi connectivity index (χ0) is 12.8. The molecule has 100 valence electrons. The average Bonchev–Trinajstić information content (AvgIpc) is 2.92. The molecule has 0 amide bonds. The highest BCUT2D eigenvalue weighted by Gasteiger charge is 2.16. The van der Waals surface area contributed by atoms with Gasteiger partial charge in [0.1, 0.15) is 5.75 Å². The lowest BCUT2D eigenvalue weighted by atomic mass is 10.1. The van der Waals surface area contributed by atoms with Crippen molar-refractivity contribution in [2.75, 3.05) is 13.2 Å². The van der Waals surface area contributed by atoms with Crippen LogP contribution in [0.1, 0.15) is 44.3 Å². The van der Waals surface area contributed by atoms with Crippen molar-refractivity contribution in [3.8, 4) is 5.75 Å². The van der Waals surface area contributed by atoms with Crippen molar-refractivity contribution >= 4 is 0 Å². The molecule has 1 aromatic carbocycles. The summed E-state index contributed by atoms with van der Waals surface area (Å²) in [4.78, 5) is 0. The molecule has 2 rings (SSSR count). The van der Waals surface area contributed by atoms with Gasteiger partial charge in [0.05, 0.1) is 18.8 Å². The number of aliphatic hydroxyl groups is 1. The van der Waals surface area contributed by atoms with Gasteiger partial charge in [-0.15, -0.1) is 0 Å². The summed E-state index contributed by atoms with van der Waals surface area (Å²) in [5.41, 5.74) is 0.882. The smallest absolute Gasteiger partial charge is 0.125 e. The van der Waals surface area contributed by atoms with E-state index in [9.17, 15) is 5.11 Å². The van der Waals surface area contributed by atoms with Crippen LogP contribution in [-0.4, -0.2) is 24.4 Å². The van der Waals surface area contributed by atoms with E-state index in [4.69, 9.17) is 9.47 Å². The van der Waals surface area contributed by atoms with Crippen LogP contribution in [0.4, 0.5) is 0 Å². The summed E-state index contributed by atoms with van der Waals surface area (Å²) in [5.74, 6) is 0.796. The van der Waals surface area contributed by atoms with Gasteiger partial charge in [-0.1, -0.05) is 25.1 Å². The molecule has 3 nitrogen and oxygen atoms in total. The van der Waals surface area contributed by atoms with Gasteiger partial charge in [0.25, 0.3) is 0 Å². The van der Waals surface area contributed by atoms with Gasteiger partial charge in [-0.05, 0) is 25.3 Å². The highest BCUT2D eigenvalue weighted by molar-refractivity contribution is 5.34. The second kappa shape index (κ2) is 6.76. The van der Waals surface area contributed by atoms with E-state index in [1.54, 1.807) is 0 Å². The van der Waals surface area contributed by atoms with Crippen LogP contribution in [0.25, 0.3) is 0 Å². The van der Waals surface area contributed by atoms with Crippen LogP contribution in [-0.2, 0) is 4.74 Å². The monoisotopic (exact) mass is 250 g/mol. The number of rotatable bonds is 6. The zero-order valence-corrected chi connectivity index (χ0v) is 11.0. The molecule has 3 heteroatoms. The SMILES string of the molecule is CC[C@@H](O)c1ccccc1OCCC1CCCO1. The molecule has 1 saturated heterocycles. The minimum absolute atomic E-state index is 0.355. The Balaban J connectivity index is 1.87. The lowest BCUT2D eigenvalue weighted by Crippen LogP contribution is -2.11. The summed E-state index contributed by atoms with van der Waals surface area (Å²) in [6.45, 7) is 3.50. The van der Waals surface area contributed by atoms with Gasteiger partial charge in [-0.3, -0.25) is 0 Å². The van der Waals surface area contributed by atoms with Crippen molar-refractivity contribution in [2.24, 2.45) is 0 Å². The van der Waals surface area contributed by atoms with E-state index in [1.165, 1.54) is 0 Å². The van der Waals surface area contributed by atoms with E-state index >= 15 is 0 Å². The summed E-state index contributed by atoms with van der Waals surface area (Å²) in [7, 11) is 0. The summed E-state index contributed by atoms with van der Waals surface area (Å²) in [6, 6.07) is 7.72. The first kappa shape index (κ1) is 13.4. The molecular weight excluding hydrogens is 228 g/mol. The van der Waals surface area contributed by atoms with Crippen LogP contribution in [0.15, 0.2) is 24.3 Å². The highest BCUT2D eigenvalue weighted by Crippen LogP contribution is 2.27. The number of benzene rings is 1. The third-order valence-electron chi connectivity index (χ3n) is 3.39. The summed E-state index contributed by atoms with van der Waals surface area (Å²) < 4.78 is 11.3. The summed E-state index contributed by atoms with van der Waals surface area (Å²) in [5, 5.41) is 9.92. The van der Waals surface area contributed by atoms with E-state index in [0.717, 1.165) is 37.2 Å². The largest absolute Gasteiger partial charge is 0.493 e. The molecule has 1 aliphatic rings. The second-order valence-electron chi connectivity index (χ2n) is 4.73. The lowest BCUT2D eigenvalue weighted by Gasteiger charge is -2.16. The van der Waals surface area contributed by atoms with Crippen LogP contribution in [0.3, 0.4) is 0 Å². The molecular formula is C15H22O3.